The van der Waals surface area contributed by atoms with Crippen molar-refractivity contribution < 1.29 is 28.4 Å². The summed E-state index contributed by atoms with van der Waals surface area (Å²) in [4.78, 5) is 44.1. The Morgan fingerprint density at radius 2 is 1.70 bits per heavy atom. The smallest absolute Gasteiger partial charge is 0.408 e. The van der Waals surface area contributed by atoms with E-state index in [0.29, 0.717) is 12.0 Å². The monoisotopic (exact) mass is 463 g/mol. The van der Waals surface area contributed by atoms with Crippen LogP contribution in [0.3, 0.4) is 0 Å². The molecule has 0 radical (unpaired) electrons. The van der Waals surface area contributed by atoms with Gasteiger partial charge < -0.3 is 19.7 Å². The molecule has 9 nitrogen and oxygen atoms in total. The van der Waals surface area contributed by atoms with Crippen molar-refractivity contribution in [1.82, 2.24) is 5.32 Å². The molecule has 2 rings (SSSR count). The van der Waals surface area contributed by atoms with Crippen LogP contribution in [-0.2, 0) is 9.53 Å². The summed E-state index contributed by atoms with van der Waals surface area (Å²) >= 11 is 0. The fourth-order valence-corrected chi connectivity index (χ4v) is 2.25. The molecule has 180 valence electrons. The van der Waals surface area contributed by atoms with E-state index < -0.39 is 39.6 Å². The van der Waals surface area contributed by atoms with Gasteiger partial charge in [-0.2, -0.15) is 0 Å². The average Bonchev–Trinajstić information content (AvgIpc) is 2.77. The van der Waals surface area contributed by atoms with Crippen molar-refractivity contribution in [2.24, 2.45) is 0 Å². The zero-order valence-corrected chi connectivity index (χ0v) is 19.6. The van der Waals surface area contributed by atoms with Crippen molar-refractivity contribution in [1.29, 1.82) is 0 Å². The number of alkyl carbamates (subject to hydrolysis) is 1. The second-order valence-corrected chi connectivity index (χ2v) is 7.14. The lowest BCUT2D eigenvalue weighted by Crippen LogP contribution is -2.33. The molecule has 0 aromatic heterocycles. The second kappa shape index (κ2) is 14.3. The quantitative estimate of drug-likeness (QED) is 0.388. The fourth-order valence-electron chi connectivity index (χ4n) is 2.25. The normalized spacial score (nSPS) is 9.79. The van der Waals surface area contributed by atoms with Gasteiger partial charge in [0.05, 0.1) is 11.5 Å². The Labute approximate surface area is 192 Å². The number of aldehydes is 1. The molecule has 2 amide bonds. The van der Waals surface area contributed by atoms with Gasteiger partial charge in [-0.25, -0.2) is 9.18 Å². The number of hydrogen-bond donors (Lipinski definition) is 1. The van der Waals surface area contributed by atoms with Crippen LogP contribution in [0.5, 0.6) is 0 Å². The number of halogens is 1. The highest BCUT2D eigenvalue weighted by Gasteiger charge is 2.27. The lowest BCUT2D eigenvalue weighted by molar-refractivity contribution is -0.385. The van der Waals surface area contributed by atoms with E-state index in [1.165, 1.54) is 18.0 Å². The van der Waals surface area contributed by atoms with Crippen molar-refractivity contribution in [3.8, 4) is 0 Å². The van der Waals surface area contributed by atoms with Crippen LogP contribution in [0.4, 0.5) is 20.6 Å². The van der Waals surface area contributed by atoms with Crippen LogP contribution in [0.25, 0.3) is 0 Å². The van der Waals surface area contributed by atoms with Gasteiger partial charge in [-0.1, -0.05) is 38.1 Å². The van der Waals surface area contributed by atoms with Gasteiger partial charge in [0.1, 0.15) is 17.7 Å². The van der Waals surface area contributed by atoms with E-state index in [1.54, 1.807) is 51.1 Å². The summed E-state index contributed by atoms with van der Waals surface area (Å²) in [6, 6.07) is 11.9. The van der Waals surface area contributed by atoms with E-state index in [2.05, 4.69) is 5.32 Å². The number of para-hydroxylation sites is 1. The van der Waals surface area contributed by atoms with Gasteiger partial charge in [-0.05, 0) is 39.0 Å². The molecule has 33 heavy (non-hydrogen) atoms. The first-order chi connectivity index (χ1) is 15.5. The third-order valence-electron chi connectivity index (χ3n) is 3.58. The number of carbonyl (C=O) groups excluding carboxylic acids is 3. The molecule has 0 aliphatic carbocycles. The molecule has 2 aromatic rings. The SMILES string of the molecule is CC.CC(C)(C)OC(=O)NCC=O.CN(C(=O)c1c(F)cccc1[N+](=O)[O-])c1ccccc1. The third kappa shape index (κ3) is 10.4. The van der Waals surface area contributed by atoms with Gasteiger partial charge in [0.15, 0.2) is 5.56 Å². The summed E-state index contributed by atoms with van der Waals surface area (Å²) in [6.07, 6.45) is 0.0359. The molecule has 0 saturated heterocycles. The first-order valence-corrected chi connectivity index (χ1v) is 10.1. The Kier molecular flexibility index (Phi) is 12.6. The van der Waals surface area contributed by atoms with Gasteiger partial charge in [-0.3, -0.25) is 14.9 Å². The first kappa shape index (κ1) is 29.2. The number of hydrogen-bond acceptors (Lipinski definition) is 6. The minimum atomic E-state index is -0.910. The van der Waals surface area contributed by atoms with E-state index in [0.717, 1.165) is 12.1 Å². The van der Waals surface area contributed by atoms with Gasteiger partial charge in [-0.15, -0.1) is 0 Å². The summed E-state index contributed by atoms with van der Waals surface area (Å²) in [5.74, 6) is -1.67. The predicted octanol–water partition coefficient (Wildman–Crippen LogP) is 4.75. The highest BCUT2D eigenvalue weighted by Crippen LogP contribution is 2.24. The minimum Gasteiger partial charge on any atom is -0.444 e. The molecule has 0 heterocycles. The Morgan fingerprint density at radius 3 is 2.18 bits per heavy atom. The fraction of sp³-hybridized carbons (Fsp3) is 0.348. The average molecular weight is 464 g/mol. The number of amides is 2. The maximum Gasteiger partial charge on any atom is 0.408 e. The van der Waals surface area contributed by atoms with Crippen molar-refractivity contribution in [2.45, 2.75) is 40.2 Å². The molecule has 1 N–H and O–H groups in total. The van der Waals surface area contributed by atoms with Crippen LogP contribution in [0.2, 0.25) is 0 Å². The van der Waals surface area contributed by atoms with Crippen LogP contribution in [0, 0.1) is 15.9 Å². The third-order valence-corrected chi connectivity index (χ3v) is 3.58. The number of rotatable bonds is 5. The topological polar surface area (TPSA) is 119 Å². The summed E-state index contributed by atoms with van der Waals surface area (Å²) < 4.78 is 18.6. The van der Waals surface area contributed by atoms with Crippen LogP contribution < -0.4 is 10.2 Å². The number of nitro benzene ring substituents is 1. The summed E-state index contributed by atoms with van der Waals surface area (Å²) in [6.45, 7) is 9.27. The first-order valence-electron chi connectivity index (χ1n) is 10.1. The number of nitrogens with one attached hydrogen (secondary N) is 1. The van der Waals surface area contributed by atoms with Gasteiger partial charge in [0, 0.05) is 18.8 Å². The minimum absolute atomic E-state index is 0.00505. The molecular formula is C23H30FN3O6. The van der Waals surface area contributed by atoms with Crippen molar-refractivity contribution in [3.05, 3.63) is 70.0 Å². The highest BCUT2D eigenvalue weighted by molar-refractivity contribution is 6.08. The number of nitrogens with zero attached hydrogens (tertiary/aromatic N) is 2. The van der Waals surface area contributed by atoms with Crippen LogP contribution in [0.15, 0.2) is 48.5 Å². The molecule has 10 heteroatoms. The van der Waals surface area contributed by atoms with Gasteiger partial charge in [0.2, 0.25) is 0 Å². The van der Waals surface area contributed by atoms with Crippen molar-refractivity contribution in [2.75, 3.05) is 18.5 Å². The number of nitro groups is 1. The molecule has 0 unspecified atom stereocenters. The largest absolute Gasteiger partial charge is 0.444 e. The Bertz CT molecular complexity index is 930. The molecule has 2 aromatic carbocycles. The van der Waals surface area contributed by atoms with Crippen LogP contribution >= 0.6 is 0 Å². The Morgan fingerprint density at radius 1 is 1.12 bits per heavy atom. The van der Waals surface area contributed by atoms with E-state index in [-0.39, 0.29) is 6.54 Å². The number of anilines is 1. The standard InChI is InChI=1S/C14H11FN2O3.C7H13NO3.C2H6/c1-16(10-6-3-2-4-7-10)14(18)13-11(15)8-5-9-12(13)17(19)20;1-7(2,3)11-6(10)8-4-5-9;1-2/h2-9H,1H3;5H,4H2,1-3H3,(H,8,10);1-2H3. The van der Waals surface area contributed by atoms with Crippen molar-refractivity contribution >= 4 is 29.7 Å². The maximum atomic E-state index is 13.8. The van der Waals surface area contributed by atoms with Crippen LogP contribution in [0.1, 0.15) is 45.0 Å². The summed E-state index contributed by atoms with van der Waals surface area (Å²) in [7, 11) is 1.44. The second-order valence-electron chi connectivity index (χ2n) is 7.14. The zero-order valence-electron chi connectivity index (χ0n) is 19.6. The molecule has 0 atom stereocenters. The number of carbonyl (C=O) groups is 3. The molecule has 0 bridgehead atoms. The molecule has 0 aliphatic rings. The molecule has 0 fully saturated rings. The van der Waals surface area contributed by atoms with Gasteiger partial charge >= 0.3 is 6.09 Å². The van der Waals surface area contributed by atoms with Gasteiger partial charge in [0.25, 0.3) is 11.6 Å². The van der Waals surface area contributed by atoms with Crippen molar-refractivity contribution in [3.63, 3.8) is 0 Å². The van der Waals surface area contributed by atoms with E-state index in [1.807, 2.05) is 13.8 Å². The number of ether oxygens (including phenoxy) is 1. The number of benzene rings is 2. The predicted molar refractivity (Wildman–Crippen MR) is 124 cm³/mol. The molecule has 0 spiro atoms. The molecule has 0 aliphatic heterocycles. The maximum absolute atomic E-state index is 13.8. The van der Waals surface area contributed by atoms with E-state index >= 15 is 0 Å². The lowest BCUT2D eigenvalue weighted by Gasteiger charge is -2.18. The lowest BCUT2D eigenvalue weighted by atomic mass is 10.1. The molecule has 0 saturated carbocycles. The Balaban J connectivity index is 0.000000673. The van der Waals surface area contributed by atoms with E-state index in [9.17, 15) is 28.9 Å². The summed E-state index contributed by atoms with van der Waals surface area (Å²) in [5, 5.41) is 13.2. The zero-order chi connectivity index (χ0) is 25.6. The highest BCUT2D eigenvalue weighted by atomic mass is 19.1. The Hall–Kier alpha value is -3.82. The van der Waals surface area contributed by atoms with E-state index in [4.69, 9.17) is 4.74 Å². The molecular weight excluding hydrogens is 433 g/mol. The summed E-state index contributed by atoms with van der Waals surface area (Å²) in [5.41, 5.74) is -1.07. The van der Waals surface area contributed by atoms with Crippen LogP contribution in [-0.4, -0.2) is 42.4 Å².